The van der Waals surface area contributed by atoms with Crippen molar-refractivity contribution in [3.63, 3.8) is 0 Å². The van der Waals surface area contributed by atoms with Crippen LogP contribution < -0.4 is 5.90 Å². The first kappa shape index (κ1) is 10.5. The second kappa shape index (κ2) is 9.50. The maximum absolute atomic E-state index is 4.80. The molecule has 0 heterocycles. The van der Waals surface area contributed by atoms with E-state index >= 15 is 0 Å². The van der Waals surface area contributed by atoms with Crippen LogP contribution in [-0.2, 0) is 4.84 Å². The number of hydrogen-bond donors (Lipinski definition) is 1. The molecular formula is C9H19NO. The van der Waals surface area contributed by atoms with Crippen LogP contribution in [0.25, 0.3) is 0 Å². The SMILES string of the molecule is CCCCCCCC=CON. The molecule has 0 amide bonds. The van der Waals surface area contributed by atoms with Gasteiger partial charge in [0.15, 0.2) is 0 Å². The van der Waals surface area contributed by atoms with Gasteiger partial charge in [0.25, 0.3) is 0 Å². The molecule has 2 nitrogen and oxygen atoms in total. The molecule has 0 rings (SSSR count). The highest BCUT2D eigenvalue weighted by molar-refractivity contribution is 4.71. The lowest BCUT2D eigenvalue weighted by atomic mass is 10.1. The van der Waals surface area contributed by atoms with E-state index in [0.29, 0.717) is 0 Å². The molecule has 0 aromatic carbocycles. The summed E-state index contributed by atoms with van der Waals surface area (Å²) in [6.07, 6.45) is 11.2. The summed E-state index contributed by atoms with van der Waals surface area (Å²) < 4.78 is 0. The molecular weight excluding hydrogens is 138 g/mol. The summed E-state index contributed by atoms with van der Waals surface area (Å²) in [7, 11) is 0. The van der Waals surface area contributed by atoms with Gasteiger partial charge in [-0.15, -0.1) is 0 Å². The fraction of sp³-hybridized carbons (Fsp3) is 0.778. The molecule has 0 radical (unpaired) electrons. The Morgan fingerprint density at radius 1 is 1.18 bits per heavy atom. The fourth-order valence-electron chi connectivity index (χ4n) is 0.989. The monoisotopic (exact) mass is 157 g/mol. The number of unbranched alkanes of at least 4 members (excludes halogenated alkanes) is 5. The Hall–Kier alpha value is -0.500. The lowest BCUT2D eigenvalue weighted by Gasteiger charge is -1.95. The molecule has 0 bridgehead atoms. The lowest BCUT2D eigenvalue weighted by molar-refractivity contribution is 0.260. The quantitative estimate of drug-likeness (QED) is 0.350. The molecule has 0 saturated heterocycles. The second-order valence-corrected chi connectivity index (χ2v) is 2.71. The number of allylic oxidation sites excluding steroid dienone is 1. The van der Waals surface area contributed by atoms with Gasteiger partial charge in [0.05, 0.1) is 0 Å². The second-order valence-electron chi connectivity index (χ2n) is 2.71. The molecule has 0 unspecified atom stereocenters. The Bertz CT molecular complexity index is 91.6. The van der Waals surface area contributed by atoms with Crippen LogP contribution in [0.3, 0.4) is 0 Å². The first-order valence-corrected chi connectivity index (χ1v) is 4.42. The Labute approximate surface area is 69.4 Å². The van der Waals surface area contributed by atoms with E-state index in [9.17, 15) is 0 Å². The molecule has 0 spiro atoms. The van der Waals surface area contributed by atoms with Gasteiger partial charge in [0.1, 0.15) is 6.26 Å². The summed E-state index contributed by atoms with van der Waals surface area (Å²) in [5.74, 6) is 4.80. The van der Waals surface area contributed by atoms with E-state index in [-0.39, 0.29) is 0 Å². The van der Waals surface area contributed by atoms with Crippen molar-refractivity contribution in [1.82, 2.24) is 0 Å². The van der Waals surface area contributed by atoms with Crippen molar-refractivity contribution in [2.45, 2.75) is 45.4 Å². The predicted octanol–water partition coefficient (Wildman–Crippen LogP) is 2.75. The molecule has 0 aliphatic heterocycles. The van der Waals surface area contributed by atoms with Gasteiger partial charge in [0.2, 0.25) is 0 Å². The van der Waals surface area contributed by atoms with Crippen molar-refractivity contribution in [3.05, 3.63) is 12.3 Å². The summed E-state index contributed by atoms with van der Waals surface area (Å²) in [5.41, 5.74) is 0. The lowest BCUT2D eigenvalue weighted by Crippen LogP contribution is -1.87. The van der Waals surface area contributed by atoms with E-state index in [1.165, 1.54) is 32.1 Å². The highest BCUT2D eigenvalue weighted by atomic mass is 16.6. The first-order valence-electron chi connectivity index (χ1n) is 4.42. The number of nitrogens with two attached hydrogens (primary N) is 1. The molecule has 11 heavy (non-hydrogen) atoms. The maximum atomic E-state index is 4.80. The zero-order valence-electron chi connectivity index (χ0n) is 7.38. The molecule has 2 N–H and O–H groups in total. The van der Waals surface area contributed by atoms with Crippen LogP contribution in [0.4, 0.5) is 0 Å². The van der Waals surface area contributed by atoms with Crippen molar-refractivity contribution in [2.24, 2.45) is 5.90 Å². The Kier molecular flexibility index (Phi) is 9.07. The molecule has 0 aromatic rings. The summed E-state index contributed by atoms with van der Waals surface area (Å²) in [4.78, 5) is 4.29. The maximum Gasteiger partial charge on any atom is 0.106 e. The van der Waals surface area contributed by atoms with E-state index in [1.54, 1.807) is 6.26 Å². The van der Waals surface area contributed by atoms with Crippen LogP contribution in [0.15, 0.2) is 12.3 Å². The number of hydrogen-bond acceptors (Lipinski definition) is 2. The molecule has 66 valence electrons. The summed E-state index contributed by atoms with van der Waals surface area (Å²) in [6, 6.07) is 0. The number of rotatable bonds is 7. The van der Waals surface area contributed by atoms with E-state index in [4.69, 9.17) is 5.90 Å². The molecule has 0 aliphatic carbocycles. The first-order chi connectivity index (χ1) is 5.41. The minimum atomic E-state index is 1.08. The van der Waals surface area contributed by atoms with Crippen LogP contribution in [0.5, 0.6) is 0 Å². The van der Waals surface area contributed by atoms with Gasteiger partial charge < -0.3 is 4.84 Å². The van der Waals surface area contributed by atoms with Crippen LogP contribution in [0.1, 0.15) is 45.4 Å². The van der Waals surface area contributed by atoms with Gasteiger partial charge in [-0.3, -0.25) is 0 Å². The fourth-order valence-corrected chi connectivity index (χ4v) is 0.989. The van der Waals surface area contributed by atoms with Crippen LogP contribution in [0.2, 0.25) is 0 Å². The largest absolute Gasteiger partial charge is 0.420 e. The van der Waals surface area contributed by atoms with Crippen molar-refractivity contribution in [1.29, 1.82) is 0 Å². The normalized spacial score (nSPS) is 10.7. The molecule has 0 fully saturated rings. The van der Waals surface area contributed by atoms with E-state index in [2.05, 4.69) is 11.8 Å². The Morgan fingerprint density at radius 3 is 2.55 bits per heavy atom. The standard InChI is InChI=1S/C9H19NO/c1-2-3-4-5-6-7-8-9-11-10/h8-9H,2-7,10H2,1H3. The Balaban J connectivity index is 2.85. The summed E-state index contributed by atoms with van der Waals surface area (Å²) >= 11 is 0. The smallest absolute Gasteiger partial charge is 0.106 e. The minimum absolute atomic E-state index is 1.08. The third-order valence-corrected chi connectivity index (χ3v) is 1.65. The molecule has 0 aliphatic rings. The highest BCUT2D eigenvalue weighted by Crippen LogP contribution is 2.04. The summed E-state index contributed by atoms with van der Waals surface area (Å²) in [6.45, 7) is 2.22. The van der Waals surface area contributed by atoms with Gasteiger partial charge in [-0.2, -0.15) is 5.90 Å². The van der Waals surface area contributed by atoms with Crippen LogP contribution in [0, 0.1) is 0 Å². The van der Waals surface area contributed by atoms with E-state index in [1.807, 2.05) is 6.08 Å². The van der Waals surface area contributed by atoms with Gasteiger partial charge in [-0.1, -0.05) is 32.6 Å². The summed E-state index contributed by atoms with van der Waals surface area (Å²) in [5, 5.41) is 0. The molecule has 0 saturated carbocycles. The van der Waals surface area contributed by atoms with Crippen molar-refractivity contribution in [3.8, 4) is 0 Å². The predicted molar refractivity (Wildman–Crippen MR) is 47.8 cm³/mol. The van der Waals surface area contributed by atoms with E-state index in [0.717, 1.165) is 6.42 Å². The average molecular weight is 157 g/mol. The third-order valence-electron chi connectivity index (χ3n) is 1.65. The van der Waals surface area contributed by atoms with Crippen LogP contribution in [-0.4, -0.2) is 0 Å². The molecule has 2 heteroatoms. The van der Waals surface area contributed by atoms with Gasteiger partial charge >= 0.3 is 0 Å². The molecule has 0 aromatic heterocycles. The van der Waals surface area contributed by atoms with Crippen LogP contribution >= 0.6 is 0 Å². The topological polar surface area (TPSA) is 35.2 Å². The zero-order chi connectivity index (χ0) is 8.36. The van der Waals surface area contributed by atoms with Gasteiger partial charge in [-0.25, -0.2) is 0 Å². The Morgan fingerprint density at radius 2 is 1.91 bits per heavy atom. The average Bonchev–Trinajstić information content (AvgIpc) is 2.03. The molecule has 0 atom stereocenters. The third kappa shape index (κ3) is 9.50. The van der Waals surface area contributed by atoms with Crippen molar-refractivity contribution >= 4 is 0 Å². The van der Waals surface area contributed by atoms with Gasteiger partial charge in [-0.05, 0) is 18.9 Å². The van der Waals surface area contributed by atoms with Crippen molar-refractivity contribution in [2.75, 3.05) is 0 Å². The highest BCUT2D eigenvalue weighted by Gasteiger charge is 1.85. The van der Waals surface area contributed by atoms with E-state index < -0.39 is 0 Å². The van der Waals surface area contributed by atoms with Crippen molar-refractivity contribution < 1.29 is 4.84 Å². The van der Waals surface area contributed by atoms with Gasteiger partial charge in [0, 0.05) is 0 Å². The minimum Gasteiger partial charge on any atom is -0.420 e. The zero-order valence-corrected chi connectivity index (χ0v) is 7.38.